The standard InChI is InChI=1S/C27H25N3O2S/c1-16-4-11-23-24(12-16)33-27(29-23)19-6-8-21(9-7-19)28-26(32)20-14-25(31)30(15-20)22-10-5-17(2)18(3)13-22/h4-13,20H,14-15H2,1-3H3,(H,28,32). The van der Waals surface area contributed by atoms with Crippen LogP contribution < -0.4 is 10.2 Å². The molecule has 1 aliphatic heterocycles. The van der Waals surface area contributed by atoms with E-state index < -0.39 is 0 Å². The fourth-order valence-corrected chi connectivity index (χ4v) is 5.19. The number of amides is 2. The summed E-state index contributed by atoms with van der Waals surface area (Å²) in [5.41, 5.74) is 7.13. The molecule has 166 valence electrons. The molecule has 0 bridgehead atoms. The molecule has 0 aliphatic carbocycles. The van der Waals surface area contributed by atoms with Crippen molar-refractivity contribution >= 4 is 44.7 Å². The number of hydrogen-bond donors (Lipinski definition) is 1. The van der Waals surface area contributed by atoms with Crippen LogP contribution in [0.4, 0.5) is 11.4 Å². The average Bonchev–Trinajstić information content (AvgIpc) is 3.39. The molecule has 0 saturated carbocycles. The summed E-state index contributed by atoms with van der Waals surface area (Å²) in [6, 6.07) is 20.0. The van der Waals surface area contributed by atoms with Gasteiger partial charge >= 0.3 is 0 Å². The summed E-state index contributed by atoms with van der Waals surface area (Å²) in [5, 5.41) is 3.93. The number of aromatic nitrogens is 1. The normalized spacial score (nSPS) is 15.9. The number of carbonyl (C=O) groups excluding carboxylic acids is 2. The molecule has 5 rings (SSSR count). The molecule has 3 aromatic carbocycles. The number of anilines is 2. The maximum Gasteiger partial charge on any atom is 0.229 e. The van der Waals surface area contributed by atoms with Gasteiger partial charge in [-0.1, -0.05) is 12.1 Å². The van der Waals surface area contributed by atoms with Crippen LogP contribution in [0.3, 0.4) is 0 Å². The van der Waals surface area contributed by atoms with E-state index in [0.29, 0.717) is 6.54 Å². The molecule has 5 nitrogen and oxygen atoms in total. The lowest BCUT2D eigenvalue weighted by molar-refractivity contribution is -0.122. The van der Waals surface area contributed by atoms with Crippen LogP contribution in [0.15, 0.2) is 60.7 Å². The van der Waals surface area contributed by atoms with E-state index in [4.69, 9.17) is 4.98 Å². The van der Waals surface area contributed by atoms with Crippen LogP contribution >= 0.6 is 11.3 Å². The topological polar surface area (TPSA) is 62.3 Å². The molecule has 0 radical (unpaired) electrons. The van der Waals surface area contributed by atoms with Gasteiger partial charge in [0, 0.05) is 29.9 Å². The molecule has 1 saturated heterocycles. The zero-order valence-electron chi connectivity index (χ0n) is 18.9. The van der Waals surface area contributed by atoms with Gasteiger partial charge in [0.05, 0.1) is 16.1 Å². The summed E-state index contributed by atoms with van der Waals surface area (Å²) in [6.07, 6.45) is 0.224. The van der Waals surface area contributed by atoms with Crippen LogP contribution in [0.1, 0.15) is 23.1 Å². The second kappa shape index (κ2) is 8.45. The van der Waals surface area contributed by atoms with E-state index in [1.807, 2.05) is 62.4 Å². The van der Waals surface area contributed by atoms with E-state index in [1.54, 1.807) is 16.2 Å². The number of nitrogens with one attached hydrogen (secondary N) is 1. The Balaban J connectivity index is 1.27. The third-order valence-corrected chi connectivity index (χ3v) is 7.31. The lowest BCUT2D eigenvalue weighted by atomic mass is 10.1. The molecule has 1 atom stereocenters. The molecule has 33 heavy (non-hydrogen) atoms. The van der Waals surface area contributed by atoms with Crippen molar-refractivity contribution in [2.24, 2.45) is 5.92 Å². The summed E-state index contributed by atoms with van der Waals surface area (Å²) in [7, 11) is 0. The Morgan fingerprint density at radius 1 is 1.00 bits per heavy atom. The molecular formula is C27H25N3O2S. The quantitative estimate of drug-likeness (QED) is 0.418. The monoisotopic (exact) mass is 455 g/mol. The Morgan fingerprint density at radius 2 is 1.79 bits per heavy atom. The Kier molecular flexibility index (Phi) is 5.46. The van der Waals surface area contributed by atoms with Crippen molar-refractivity contribution in [1.82, 2.24) is 4.98 Å². The molecule has 1 aromatic heterocycles. The first-order valence-corrected chi connectivity index (χ1v) is 11.8. The number of benzene rings is 3. The summed E-state index contributed by atoms with van der Waals surface area (Å²) in [4.78, 5) is 31.9. The van der Waals surface area contributed by atoms with Crippen LogP contribution in [0.25, 0.3) is 20.8 Å². The third kappa shape index (κ3) is 4.26. The average molecular weight is 456 g/mol. The molecule has 0 spiro atoms. The predicted octanol–water partition coefficient (Wildman–Crippen LogP) is 5.88. The number of carbonyl (C=O) groups is 2. The number of rotatable bonds is 4. The number of fused-ring (bicyclic) bond motifs is 1. The van der Waals surface area contributed by atoms with Crippen molar-refractivity contribution in [2.75, 3.05) is 16.8 Å². The molecular weight excluding hydrogens is 430 g/mol. The van der Waals surface area contributed by atoms with E-state index in [2.05, 4.69) is 24.4 Å². The van der Waals surface area contributed by atoms with Crippen LogP contribution in [0.5, 0.6) is 0 Å². The minimum atomic E-state index is -0.369. The zero-order chi connectivity index (χ0) is 23.1. The molecule has 2 amide bonds. The van der Waals surface area contributed by atoms with Crippen molar-refractivity contribution in [3.8, 4) is 10.6 Å². The van der Waals surface area contributed by atoms with Crippen molar-refractivity contribution in [3.63, 3.8) is 0 Å². The van der Waals surface area contributed by atoms with Gasteiger partial charge < -0.3 is 10.2 Å². The van der Waals surface area contributed by atoms with Gasteiger partial charge in [-0.15, -0.1) is 11.3 Å². The zero-order valence-corrected chi connectivity index (χ0v) is 19.7. The highest BCUT2D eigenvalue weighted by molar-refractivity contribution is 7.21. The smallest absolute Gasteiger partial charge is 0.229 e. The summed E-state index contributed by atoms with van der Waals surface area (Å²) in [6.45, 7) is 6.55. The summed E-state index contributed by atoms with van der Waals surface area (Å²) in [5.74, 6) is -0.510. The second-order valence-corrected chi connectivity index (χ2v) is 9.76. The summed E-state index contributed by atoms with van der Waals surface area (Å²) >= 11 is 1.66. The van der Waals surface area contributed by atoms with E-state index in [1.165, 1.54) is 15.8 Å². The minimum Gasteiger partial charge on any atom is -0.326 e. The maximum absolute atomic E-state index is 12.9. The van der Waals surface area contributed by atoms with Crippen LogP contribution in [0, 0.1) is 26.7 Å². The van der Waals surface area contributed by atoms with Gasteiger partial charge in [0.25, 0.3) is 0 Å². The van der Waals surface area contributed by atoms with Crippen molar-refractivity contribution < 1.29 is 9.59 Å². The van der Waals surface area contributed by atoms with Gasteiger partial charge in [-0.2, -0.15) is 0 Å². The Labute approximate surface area is 197 Å². The molecule has 1 aliphatic rings. The van der Waals surface area contributed by atoms with Crippen molar-refractivity contribution in [1.29, 1.82) is 0 Å². The molecule has 1 fully saturated rings. The molecule has 6 heteroatoms. The predicted molar refractivity (Wildman–Crippen MR) is 135 cm³/mol. The largest absolute Gasteiger partial charge is 0.326 e. The Hall–Kier alpha value is -3.51. The highest BCUT2D eigenvalue weighted by atomic mass is 32.1. The van der Waals surface area contributed by atoms with Gasteiger partial charge in [-0.3, -0.25) is 9.59 Å². The van der Waals surface area contributed by atoms with Crippen LogP contribution in [-0.4, -0.2) is 23.3 Å². The Morgan fingerprint density at radius 3 is 2.55 bits per heavy atom. The minimum absolute atomic E-state index is 0.0141. The Bertz CT molecular complexity index is 1370. The van der Waals surface area contributed by atoms with Gasteiger partial charge in [0.15, 0.2) is 0 Å². The maximum atomic E-state index is 12.9. The highest BCUT2D eigenvalue weighted by Gasteiger charge is 2.35. The van der Waals surface area contributed by atoms with Gasteiger partial charge in [0.1, 0.15) is 5.01 Å². The van der Waals surface area contributed by atoms with E-state index in [-0.39, 0.29) is 24.2 Å². The first kappa shape index (κ1) is 21.3. The van der Waals surface area contributed by atoms with Gasteiger partial charge in [-0.25, -0.2) is 4.98 Å². The number of thiazole rings is 1. The summed E-state index contributed by atoms with van der Waals surface area (Å²) < 4.78 is 1.17. The van der Waals surface area contributed by atoms with Gasteiger partial charge in [-0.05, 0) is 86.0 Å². The molecule has 2 heterocycles. The van der Waals surface area contributed by atoms with Crippen molar-refractivity contribution in [2.45, 2.75) is 27.2 Å². The fraction of sp³-hybridized carbons (Fsp3) is 0.222. The highest BCUT2D eigenvalue weighted by Crippen LogP contribution is 2.32. The van der Waals surface area contributed by atoms with E-state index in [9.17, 15) is 9.59 Å². The molecule has 1 N–H and O–H groups in total. The van der Waals surface area contributed by atoms with E-state index in [0.717, 1.165) is 33.0 Å². The first-order chi connectivity index (χ1) is 15.9. The third-order valence-electron chi connectivity index (χ3n) is 6.24. The lowest BCUT2D eigenvalue weighted by Crippen LogP contribution is -2.28. The molecule has 4 aromatic rings. The lowest BCUT2D eigenvalue weighted by Gasteiger charge is -2.18. The van der Waals surface area contributed by atoms with Crippen LogP contribution in [0.2, 0.25) is 0 Å². The fourth-order valence-electron chi connectivity index (χ4n) is 4.12. The molecule has 1 unspecified atom stereocenters. The van der Waals surface area contributed by atoms with Gasteiger partial charge in [0.2, 0.25) is 11.8 Å². The van der Waals surface area contributed by atoms with E-state index >= 15 is 0 Å². The van der Waals surface area contributed by atoms with Crippen molar-refractivity contribution in [3.05, 3.63) is 77.4 Å². The number of hydrogen-bond acceptors (Lipinski definition) is 4. The second-order valence-electron chi connectivity index (χ2n) is 8.73. The number of aryl methyl sites for hydroxylation is 3. The first-order valence-electron chi connectivity index (χ1n) is 11.0. The number of nitrogens with zero attached hydrogens (tertiary/aromatic N) is 2. The van der Waals surface area contributed by atoms with Crippen LogP contribution in [-0.2, 0) is 9.59 Å². The SMILES string of the molecule is Cc1ccc2nc(-c3ccc(NC(=O)C4CC(=O)N(c5ccc(C)c(C)c5)C4)cc3)sc2c1.